The molecule has 2 rings (SSSR count). The summed E-state index contributed by atoms with van der Waals surface area (Å²) in [6.45, 7) is 1.67. The van der Waals surface area contributed by atoms with Crippen LogP contribution in [-0.2, 0) is 10.0 Å². The summed E-state index contributed by atoms with van der Waals surface area (Å²) in [6, 6.07) is 11.4. The molecule has 0 spiro atoms. The lowest BCUT2D eigenvalue weighted by Gasteiger charge is -2.15. The highest BCUT2D eigenvalue weighted by Crippen LogP contribution is 2.23. The number of hydrogen-bond donors (Lipinski definition) is 1. The van der Waals surface area contributed by atoms with Crippen molar-refractivity contribution in [3.8, 4) is 11.5 Å². The third-order valence-corrected chi connectivity index (χ3v) is 4.90. The number of rotatable bonds is 8. The van der Waals surface area contributed by atoms with Gasteiger partial charge in [-0.1, -0.05) is 12.1 Å². The summed E-state index contributed by atoms with van der Waals surface area (Å²) in [6.07, 6.45) is 0. The first-order valence-electron chi connectivity index (χ1n) is 7.36. The van der Waals surface area contributed by atoms with Crippen LogP contribution in [0.5, 0.6) is 11.5 Å². The molecule has 0 aliphatic heterocycles. The molecule has 25 heavy (non-hydrogen) atoms. The smallest absolute Gasteiger partial charge is 0.289 e. The molecule has 0 fully saturated rings. The van der Waals surface area contributed by atoms with Gasteiger partial charge >= 0.3 is 0 Å². The normalized spacial score (nSPS) is 12.4. The quantitative estimate of drug-likeness (QED) is 0.567. The Bertz CT molecular complexity index is 836. The summed E-state index contributed by atoms with van der Waals surface area (Å²) in [7, 11) is -2.49. The van der Waals surface area contributed by atoms with Crippen molar-refractivity contribution >= 4 is 15.7 Å². The van der Waals surface area contributed by atoms with Crippen molar-refractivity contribution in [2.45, 2.75) is 17.9 Å². The van der Waals surface area contributed by atoms with Crippen molar-refractivity contribution in [3.05, 3.63) is 58.6 Å². The van der Waals surface area contributed by atoms with Crippen LogP contribution in [0.4, 0.5) is 5.69 Å². The number of nitro benzene ring substituents is 1. The Morgan fingerprint density at radius 1 is 1.12 bits per heavy atom. The Labute approximate surface area is 145 Å². The molecule has 2 aromatic rings. The minimum Gasteiger partial charge on any atom is -0.497 e. The van der Waals surface area contributed by atoms with Crippen molar-refractivity contribution in [1.29, 1.82) is 0 Å². The van der Waals surface area contributed by atoms with E-state index in [1.807, 2.05) is 0 Å². The average Bonchev–Trinajstić information content (AvgIpc) is 2.60. The molecular formula is C16H18N2O6S. The number of para-hydroxylation sites is 1. The first-order valence-corrected chi connectivity index (χ1v) is 8.84. The molecule has 0 saturated carbocycles. The lowest BCUT2D eigenvalue weighted by atomic mass is 10.3. The van der Waals surface area contributed by atoms with Gasteiger partial charge in [-0.2, -0.15) is 0 Å². The monoisotopic (exact) mass is 366 g/mol. The maximum Gasteiger partial charge on any atom is 0.289 e. The molecule has 134 valence electrons. The van der Waals surface area contributed by atoms with E-state index in [2.05, 4.69) is 4.72 Å². The highest BCUT2D eigenvalue weighted by atomic mass is 32.2. The van der Waals surface area contributed by atoms with Gasteiger partial charge in [0.2, 0.25) is 10.0 Å². The molecule has 0 heterocycles. The minimum atomic E-state index is -4.04. The standard InChI is InChI=1S/C16H18N2O6S/c1-12(11-24-14-9-7-13(23-2)8-10-14)17-25(21,22)16-6-4-3-5-15(16)18(19)20/h3-10,12,17H,11H2,1-2H3/t12-/m1/s1. The van der Waals surface area contributed by atoms with Crippen LogP contribution in [0, 0.1) is 10.1 Å². The number of hydrogen-bond acceptors (Lipinski definition) is 6. The number of benzene rings is 2. The summed E-state index contributed by atoms with van der Waals surface area (Å²) >= 11 is 0. The maximum atomic E-state index is 12.4. The highest BCUT2D eigenvalue weighted by molar-refractivity contribution is 7.89. The number of methoxy groups -OCH3 is 1. The molecule has 1 atom stereocenters. The molecule has 8 nitrogen and oxygen atoms in total. The molecule has 0 aromatic heterocycles. The van der Waals surface area contributed by atoms with E-state index in [1.54, 1.807) is 38.3 Å². The fourth-order valence-corrected chi connectivity index (χ4v) is 3.49. The predicted octanol–water partition coefficient (Wildman–Crippen LogP) is 2.35. The van der Waals surface area contributed by atoms with Crippen LogP contribution in [0.15, 0.2) is 53.4 Å². The zero-order chi connectivity index (χ0) is 18.4. The van der Waals surface area contributed by atoms with Crippen molar-refractivity contribution in [3.63, 3.8) is 0 Å². The molecule has 2 aromatic carbocycles. The number of ether oxygens (including phenoxy) is 2. The zero-order valence-corrected chi connectivity index (χ0v) is 14.5. The maximum absolute atomic E-state index is 12.4. The van der Waals surface area contributed by atoms with E-state index in [0.717, 1.165) is 6.07 Å². The van der Waals surface area contributed by atoms with Gasteiger partial charge in [-0.15, -0.1) is 0 Å². The van der Waals surface area contributed by atoms with E-state index in [4.69, 9.17) is 9.47 Å². The van der Waals surface area contributed by atoms with E-state index in [1.165, 1.54) is 18.2 Å². The summed E-state index contributed by atoms with van der Waals surface area (Å²) in [5.41, 5.74) is -0.474. The molecular weight excluding hydrogens is 348 g/mol. The van der Waals surface area contributed by atoms with E-state index >= 15 is 0 Å². The summed E-state index contributed by atoms with van der Waals surface area (Å²) < 4.78 is 37.7. The van der Waals surface area contributed by atoms with Gasteiger partial charge in [0.25, 0.3) is 5.69 Å². The van der Waals surface area contributed by atoms with Gasteiger partial charge in [-0.25, -0.2) is 13.1 Å². The SMILES string of the molecule is COc1ccc(OC[C@@H](C)NS(=O)(=O)c2ccccc2[N+](=O)[O-])cc1. The number of nitro groups is 1. The van der Waals surface area contributed by atoms with E-state index < -0.39 is 26.7 Å². The van der Waals surface area contributed by atoms with Crippen molar-refractivity contribution in [2.24, 2.45) is 0 Å². The van der Waals surface area contributed by atoms with Gasteiger partial charge in [-0.05, 0) is 37.3 Å². The Balaban J connectivity index is 2.03. The van der Waals surface area contributed by atoms with Crippen LogP contribution in [-0.4, -0.2) is 33.1 Å². The Hall–Kier alpha value is -2.65. The molecule has 0 aliphatic carbocycles. The Morgan fingerprint density at radius 3 is 2.32 bits per heavy atom. The third kappa shape index (κ3) is 4.91. The average molecular weight is 366 g/mol. The van der Waals surface area contributed by atoms with E-state index in [-0.39, 0.29) is 11.5 Å². The molecule has 0 saturated heterocycles. The van der Waals surface area contributed by atoms with Gasteiger partial charge in [0.05, 0.1) is 18.1 Å². The fourth-order valence-electron chi connectivity index (χ4n) is 2.09. The van der Waals surface area contributed by atoms with Gasteiger partial charge < -0.3 is 9.47 Å². The molecule has 0 aliphatic rings. The van der Waals surface area contributed by atoms with Gasteiger partial charge in [0, 0.05) is 6.07 Å². The second kappa shape index (κ2) is 7.95. The molecule has 0 radical (unpaired) electrons. The second-order valence-corrected chi connectivity index (χ2v) is 6.92. The number of sulfonamides is 1. The van der Waals surface area contributed by atoms with Crippen molar-refractivity contribution in [1.82, 2.24) is 4.72 Å². The lowest BCUT2D eigenvalue weighted by molar-refractivity contribution is -0.387. The van der Waals surface area contributed by atoms with Gasteiger partial charge in [0.1, 0.15) is 18.1 Å². The van der Waals surface area contributed by atoms with Crippen LogP contribution in [0.3, 0.4) is 0 Å². The molecule has 9 heteroatoms. The number of nitrogens with one attached hydrogen (secondary N) is 1. The third-order valence-electron chi connectivity index (χ3n) is 3.27. The summed E-state index contributed by atoms with van der Waals surface area (Å²) in [5, 5.41) is 11.0. The van der Waals surface area contributed by atoms with Gasteiger partial charge in [-0.3, -0.25) is 10.1 Å². The largest absolute Gasteiger partial charge is 0.497 e. The van der Waals surface area contributed by atoms with Crippen LogP contribution in [0.1, 0.15) is 6.92 Å². The Morgan fingerprint density at radius 2 is 1.72 bits per heavy atom. The van der Waals surface area contributed by atoms with Crippen LogP contribution in [0.25, 0.3) is 0 Å². The van der Waals surface area contributed by atoms with Crippen LogP contribution in [0.2, 0.25) is 0 Å². The first kappa shape index (κ1) is 18.7. The predicted molar refractivity (Wildman–Crippen MR) is 91.4 cm³/mol. The highest BCUT2D eigenvalue weighted by Gasteiger charge is 2.26. The molecule has 0 unspecified atom stereocenters. The molecule has 1 N–H and O–H groups in total. The molecule has 0 bridgehead atoms. The van der Waals surface area contributed by atoms with E-state index in [9.17, 15) is 18.5 Å². The van der Waals surface area contributed by atoms with Crippen molar-refractivity contribution in [2.75, 3.05) is 13.7 Å². The Kier molecular flexibility index (Phi) is 5.94. The molecule has 0 amide bonds. The fraction of sp³-hybridized carbons (Fsp3) is 0.250. The minimum absolute atomic E-state index is 0.0617. The van der Waals surface area contributed by atoms with E-state index in [0.29, 0.717) is 11.5 Å². The van der Waals surface area contributed by atoms with Crippen LogP contribution < -0.4 is 14.2 Å². The first-order chi connectivity index (χ1) is 11.8. The summed E-state index contributed by atoms with van der Waals surface area (Å²) in [5.74, 6) is 1.23. The second-order valence-electron chi connectivity index (χ2n) is 5.23. The van der Waals surface area contributed by atoms with Crippen molar-refractivity contribution < 1.29 is 22.8 Å². The zero-order valence-electron chi connectivity index (χ0n) is 13.7. The lowest BCUT2D eigenvalue weighted by Crippen LogP contribution is -2.37. The summed E-state index contributed by atoms with van der Waals surface area (Å²) in [4.78, 5) is 9.89. The van der Waals surface area contributed by atoms with Gasteiger partial charge in [0.15, 0.2) is 4.90 Å². The van der Waals surface area contributed by atoms with Crippen LogP contribution >= 0.6 is 0 Å². The number of nitrogens with zero attached hydrogens (tertiary/aromatic N) is 1. The topological polar surface area (TPSA) is 108 Å².